The Balaban J connectivity index is 1.71. The van der Waals surface area contributed by atoms with Crippen molar-refractivity contribution in [2.75, 3.05) is 0 Å². The molecule has 0 atom stereocenters. The van der Waals surface area contributed by atoms with Crippen LogP contribution >= 0.6 is 0 Å². The third-order valence-corrected chi connectivity index (χ3v) is 2.62. The molecule has 0 saturated heterocycles. The molecule has 0 aliphatic carbocycles. The smallest absolute Gasteiger partial charge is 0.220 e. The lowest BCUT2D eigenvalue weighted by atomic mass is 10.2. The van der Waals surface area contributed by atoms with E-state index in [0.717, 1.165) is 17.7 Å². The summed E-state index contributed by atoms with van der Waals surface area (Å²) >= 11 is 0. The van der Waals surface area contributed by atoms with Crippen LogP contribution in [0, 0.1) is 0 Å². The minimum Gasteiger partial charge on any atom is -0.365 e. The van der Waals surface area contributed by atoms with Crippen molar-refractivity contribution in [3.05, 3.63) is 59.9 Å². The van der Waals surface area contributed by atoms with Crippen LogP contribution in [0.2, 0.25) is 0 Å². The van der Waals surface area contributed by atoms with E-state index in [2.05, 4.69) is 10.3 Å². The van der Waals surface area contributed by atoms with Crippen LogP contribution in [0.5, 0.6) is 0 Å². The fourth-order valence-electron chi connectivity index (χ4n) is 1.66. The SMILES string of the molecule is O=C(CCc1ccc[nH]1)NCc1ccccc1. The Morgan fingerprint density at radius 2 is 1.94 bits per heavy atom. The number of amides is 1. The van der Waals surface area contributed by atoms with Gasteiger partial charge in [0.25, 0.3) is 0 Å². The second-order valence-electron chi connectivity index (χ2n) is 3.96. The molecule has 0 fully saturated rings. The maximum atomic E-state index is 11.6. The summed E-state index contributed by atoms with van der Waals surface area (Å²) < 4.78 is 0. The van der Waals surface area contributed by atoms with Gasteiger partial charge in [-0.25, -0.2) is 0 Å². The minimum absolute atomic E-state index is 0.0865. The first-order valence-electron chi connectivity index (χ1n) is 5.77. The first-order chi connectivity index (χ1) is 8.34. The zero-order valence-corrected chi connectivity index (χ0v) is 9.65. The number of H-pyrrole nitrogens is 1. The number of benzene rings is 1. The topological polar surface area (TPSA) is 44.9 Å². The molecular formula is C14H16N2O. The van der Waals surface area contributed by atoms with Gasteiger partial charge in [-0.1, -0.05) is 30.3 Å². The third kappa shape index (κ3) is 3.79. The monoisotopic (exact) mass is 228 g/mol. The largest absolute Gasteiger partial charge is 0.365 e. The van der Waals surface area contributed by atoms with Crippen molar-refractivity contribution in [1.29, 1.82) is 0 Å². The summed E-state index contributed by atoms with van der Waals surface area (Å²) in [7, 11) is 0. The molecule has 1 aromatic heterocycles. The lowest BCUT2D eigenvalue weighted by Crippen LogP contribution is -2.22. The van der Waals surface area contributed by atoms with Gasteiger partial charge in [0, 0.05) is 24.9 Å². The Kier molecular flexibility index (Phi) is 3.97. The fourth-order valence-corrected chi connectivity index (χ4v) is 1.66. The average Bonchev–Trinajstić information content (AvgIpc) is 2.88. The van der Waals surface area contributed by atoms with Gasteiger partial charge in [0.1, 0.15) is 0 Å². The Morgan fingerprint density at radius 1 is 1.12 bits per heavy atom. The third-order valence-electron chi connectivity index (χ3n) is 2.62. The molecule has 88 valence electrons. The summed E-state index contributed by atoms with van der Waals surface area (Å²) in [6, 6.07) is 13.9. The highest BCUT2D eigenvalue weighted by Gasteiger charge is 2.02. The summed E-state index contributed by atoms with van der Waals surface area (Å²) in [5.74, 6) is 0.0865. The number of aromatic nitrogens is 1. The number of carbonyl (C=O) groups excluding carboxylic acids is 1. The molecule has 0 unspecified atom stereocenters. The maximum absolute atomic E-state index is 11.6. The Bertz CT molecular complexity index is 448. The second kappa shape index (κ2) is 5.89. The van der Waals surface area contributed by atoms with Crippen molar-refractivity contribution in [2.45, 2.75) is 19.4 Å². The highest BCUT2D eigenvalue weighted by molar-refractivity contribution is 5.76. The van der Waals surface area contributed by atoms with Crippen LogP contribution in [0.4, 0.5) is 0 Å². The van der Waals surface area contributed by atoms with Gasteiger partial charge in [-0.2, -0.15) is 0 Å². The van der Waals surface area contributed by atoms with E-state index in [9.17, 15) is 4.79 Å². The molecule has 0 spiro atoms. The van der Waals surface area contributed by atoms with Gasteiger partial charge >= 0.3 is 0 Å². The Hall–Kier alpha value is -2.03. The van der Waals surface area contributed by atoms with E-state index in [1.54, 1.807) is 0 Å². The number of hydrogen-bond acceptors (Lipinski definition) is 1. The Labute approximate surface area is 101 Å². The van der Waals surface area contributed by atoms with E-state index >= 15 is 0 Å². The highest BCUT2D eigenvalue weighted by atomic mass is 16.1. The van der Waals surface area contributed by atoms with Gasteiger partial charge < -0.3 is 10.3 Å². The minimum atomic E-state index is 0.0865. The zero-order chi connectivity index (χ0) is 11.9. The van der Waals surface area contributed by atoms with Crippen LogP contribution in [0.1, 0.15) is 17.7 Å². The van der Waals surface area contributed by atoms with Crippen LogP contribution in [0.3, 0.4) is 0 Å². The summed E-state index contributed by atoms with van der Waals surface area (Å²) in [4.78, 5) is 14.7. The van der Waals surface area contributed by atoms with Gasteiger partial charge in [-0.15, -0.1) is 0 Å². The van der Waals surface area contributed by atoms with Crippen molar-refractivity contribution in [3.63, 3.8) is 0 Å². The first kappa shape index (κ1) is 11.5. The predicted octanol–water partition coefficient (Wildman–Crippen LogP) is 2.26. The molecule has 2 aromatic rings. The van der Waals surface area contributed by atoms with Crippen LogP contribution in [0.25, 0.3) is 0 Å². The van der Waals surface area contributed by atoms with Crippen LogP contribution in [-0.4, -0.2) is 10.9 Å². The van der Waals surface area contributed by atoms with E-state index in [1.807, 2.05) is 48.7 Å². The molecule has 1 amide bonds. The summed E-state index contributed by atoms with van der Waals surface area (Å²) in [6.45, 7) is 0.602. The molecular weight excluding hydrogens is 212 g/mol. The second-order valence-corrected chi connectivity index (χ2v) is 3.96. The summed E-state index contributed by atoms with van der Waals surface area (Å²) in [6.07, 6.45) is 3.15. The molecule has 1 aromatic carbocycles. The number of carbonyl (C=O) groups is 1. The van der Waals surface area contributed by atoms with Gasteiger partial charge in [0.05, 0.1) is 0 Å². The molecule has 0 aliphatic rings. The summed E-state index contributed by atoms with van der Waals surface area (Å²) in [5, 5.41) is 2.91. The normalized spacial score (nSPS) is 10.1. The van der Waals surface area contributed by atoms with Crippen molar-refractivity contribution >= 4 is 5.91 Å². The van der Waals surface area contributed by atoms with E-state index in [-0.39, 0.29) is 5.91 Å². The maximum Gasteiger partial charge on any atom is 0.220 e. The molecule has 0 saturated carbocycles. The molecule has 0 bridgehead atoms. The van der Waals surface area contributed by atoms with Gasteiger partial charge in [-0.05, 0) is 24.1 Å². The molecule has 2 N–H and O–H groups in total. The quantitative estimate of drug-likeness (QED) is 0.810. The predicted molar refractivity (Wildman–Crippen MR) is 67.4 cm³/mol. The molecule has 1 heterocycles. The van der Waals surface area contributed by atoms with E-state index in [1.165, 1.54) is 0 Å². The van der Waals surface area contributed by atoms with Crippen molar-refractivity contribution < 1.29 is 4.79 Å². The number of nitrogens with one attached hydrogen (secondary N) is 2. The number of rotatable bonds is 5. The first-order valence-corrected chi connectivity index (χ1v) is 5.77. The van der Waals surface area contributed by atoms with E-state index in [4.69, 9.17) is 0 Å². The molecule has 3 nitrogen and oxygen atoms in total. The van der Waals surface area contributed by atoms with Crippen molar-refractivity contribution in [3.8, 4) is 0 Å². The summed E-state index contributed by atoms with van der Waals surface area (Å²) in [5.41, 5.74) is 2.22. The molecule has 0 radical (unpaired) electrons. The standard InChI is InChI=1S/C14H16N2O/c17-14(9-8-13-7-4-10-15-13)16-11-12-5-2-1-3-6-12/h1-7,10,15H,8-9,11H2,(H,16,17). The average molecular weight is 228 g/mol. The lowest BCUT2D eigenvalue weighted by molar-refractivity contribution is -0.121. The number of hydrogen-bond donors (Lipinski definition) is 2. The number of aryl methyl sites for hydroxylation is 1. The molecule has 2 rings (SSSR count). The van der Waals surface area contributed by atoms with Crippen LogP contribution < -0.4 is 5.32 Å². The molecule has 3 heteroatoms. The molecule has 0 aliphatic heterocycles. The zero-order valence-electron chi connectivity index (χ0n) is 9.65. The highest BCUT2D eigenvalue weighted by Crippen LogP contribution is 2.00. The van der Waals surface area contributed by atoms with Gasteiger partial charge in [0.15, 0.2) is 0 Å². The number of aromatic amines is 1. The van der Waals surface area contributed by atoms with Gasteiger partial charge in [0.2, 0.25) is 5.91 Å². The van der Waals surface area contributed by atoms with Crippen molar-refractivity contribution in [2.24, 2.45) is 0 Å². The van der Waals surface area contributed by atoms with E-state index < -0.39 is 0 Å². The lowest BCUT2D eigenvalue weighted by Gasteiger charge is -2.04. The fraction of sp³-hybridized carbons (Fsp3) is 0.214. The Morgan fingerprint density at radius 3 is 2.65 bits per heavy atom. The van der Waals surface area contributed by atoms with E-state index in [0.29, 0.717) is 13.0 Å². The van der Waals surface area contributed by atoms with Crippen LogP contribution in [-0.2, 0) is 17.8 Å². The molecule has 17 heavy (non-hydrogen) atoms. The van der Waals surface area contributed by atoms with Crippen molar-refractivity contribution in [1.82, 2.24) is 10.3 Å². The van der Waals surface area contributed by atoms with Gasteiger partial charge in [-0.3, -0.25) is 4.79 Å². The van der Waals surface area contributed by atoms with Crippen LogP contribution in [0.15, 0.2) is 48.7 Å².